The van der Waals surface area contributed by atoms with Crippen LogP contribution in [-0.4, -0.2) is 41.3 Å². The van der Waals surface area contributed by atoms with Gasteiger partial charge in [-0.15, -0.1) is 0 Å². The van der Waals surface area contributed by atoms with Crippen molar-refractivity contribution in [1.29, 1.82) is 0 Å². The van der Waals surface area contributed by atoms with Crippen molar-refractivity contribution in [2.24, 2.45) is 0 Å². The van der Waals surface area contributed by atoms with Crippen molar-refractivity contribution in [3.05, 3.63) is 0 Å². The van der Waals surface area contributed by atoms with E-state index in [1.54, 1.807) is 0 Å². The summed E-state index contributed by atoms with van der Waals surface area (Å²) in [6, 6.07) is 0. The Morgan fingerprint density at radius 1 is 0.900 bits per heavy atom. The van der Waals surface area contributed by atoms with Crippen molar-refractivity contribution in [3.8, 4) is 0 Å². The van der Waals surface area contributed by atoms with Crippen molar-refractivity contribution in [2.75, 3.05) is 19.8 Å². The molecular formula is C4H9F3O3. The number of hydrogen-bond donors (Lipinski definition) is 3. The molecule has 0 aliphatic heterocycles. The Bertz CT molecular complexity index is 61.3. The van der Waals surface area contributed by atoms with Crippen LogP contribution in [0.1, 0.15) is 0 Å². The normalized spacial score (nSPS) is 10.2. The molecule has 0 aliphatic carbocycles. The van der Waals surface area contributed by atoms with E-state index >= 15 is 0 Å². The van der Waals surface area contributed by atoms with E-state index in [-0.39, 0.29) is 13.2 Å². The second kappa shape index (κ2) is 6.79. The van der Waals surface area contributed by atoms with Crippen LogP contribution in [0.2, 0.25) is 0 Å². The first kappa shape index (κ1) is 12.4. The molecule has 0 heterocycles. The lowest BCUT2D eigenvalue weighted by molar-refractivity contribution is -0.159. The van der Waals surface area contributed by atoms with E-state index in [4.69, 9.17) is 15.3 Å². The fourth-order valence-electron chi connectivity index (χ4n) is 0. The second-order valence-corrected chi connectivity index (χ2v) is 1.22. The lowest BCUT2D eigenvalue weighted by atomic mass is 10.7. The van der Waals surface area contributed by atoms with Crippen LogP contribution < -0.4 is 0 Å². The van der Waals surface area contributed by atoms with Gasteiger partial charge in [0, 0.05) is 0 Å². The van der Waals surface area contributed by atoms with Gasteiger partial charge in [-0.05, 0) is 0 Å². The molecule has 0 saturated carbocycles. The maximum Gasteiger partial charge on any atom is 0.411 e. The van der Waals surface area contributed by atoms with Gasteiger partial charge in [0.2, 0.25) is 0 Å². The van der Waals surface area contributed by atoms with Crippen molar-refractivity contribution in [2.45, 2.75) is 6.18 Å². The minimum atomic E-state index is -4.40. The standard InChI is InChI=1S/C2H3F3O.C2H6O2/c3-2(4,5)1-6;3-1-2-4/h6H,1H2;3-4H,1-2H2. The first-order valence-electron chi connectivity index (χ1n) is 2.37. The van der Waals surface area contributed by atoms with Crippen LogP contribution in [0.5, 0.6) is 0 Å². The molecule has 0 unspecified atom stereocenters. The number of aliphatic hydroxyl groups excluding tert-OH is 3. The molecule has 0 radical (unpaired) electrons. The molecule has 3 N–H and O–H groups in total. The van der Waals surface area contributed by atoms with E-state index in [2.05, 4.69) is 0 Å². The Morgan fingerprint density at radius 2 is 1.10 bits per heavy atom. The van der Waals surface area contributed by atoms with Crippen molar-refractivity contribution in [3.63, 3.8) is 0 Å². The summed E-state index contributed by atoms with van der Waals surface area (Å²) in [5.74, 6) is 0. The molecule has 0 aromatic carbocycles. The minimum absolute atomic E-state index is 0.125. The molecule has 0 bridgehead atoms. The third-order valence-electron chi connectivity index (χ3n) is 0.279. The molecule has 0 spiro atoms. The van der Waals surface area contributed by atoms with E-state index in [9.17, 15) is 13.2 Å². The van der Waals surface area contributed by atoms with Gasteiger partial charge >= 0.3 is 6.18 Å². The zero-order valence-corrected chi connectivity index (χ0v) is 5.10. The molecule has 0 amide bonds. The average Bonchev–Trinajstić information content (AvgIpc) is 1.87. The van der Waals surface area contributed by atoms with E-state index in [1.165, 1.54) is 0 Å². The Kier molecular flexibility index (Phi) is 8.38. The van der Waals surface area contributed by atoms with Gasteiger partial charge in [-0.25, -0.2) is 0 Å². The molecule has 0 aliphatic rings. The van der Waals surface area contributed by atoms with Gasteiger partial charge in [-0.3, -0.25) is 0 Å². The average molecular weight is 162 g/mol. The third-order valence-corrected chi connectivity index (χ3v) is 0.279. The van der Waals surface area contributed by atoms with E-state index in [0.29, 0.717) is 0 Å². The lowest BCUT2D eigenvalue weighted by Gasteiger charge is -1.95. The highest BCUT2D eigenvalue weighted by molar-refractivity contribution is 4.39. The molecule has 64 valence electrons. The van der Waals surface area contributed by atoms with Gasteiger partial charge in [0.25, 0.3) is 0 Å². The summed E-state index contributed by atoms with van der Waals surface area (Å²) in [6.07, 6.45) is -4.40. The van der Waals surface area contributed by atoms with Gasteiger partial charge in [-0.1, -0.05) is 0 Å². The summed E-state index contributed by atoms with van der Waals surface area (Å²) in [5.41, 5.74) is 0. The maximum atomic E-state index is 10.5. The molecule has 3 nitrogen and oxygen atoms in total. The molecular weight excluding hydrogens is 153 g/mol. The summed E-state index contributed by atoms with van der Waals surface area (Å²) >= 11 is 0. The largest absolute Gasteiger partial charge is 0.411 e. The van der Waals surface area contributed by atoms with Gasteiger partial charge in [-0.2, -0.15) is 13.2 Å². The Morgan fingerprint density at radius 3 is 1.10 bits per heavy atom. The van der Waals surface area contributed by atoms with Gasteiger partial charge in [0.1, 0.15) is 6.61 Å². The van der Waals surface area contributed by atoms with Crippen molar-refractivity contribution in [1.82, 2.24) is 0 Å². The number of alkyl halides is 3. The van der Waals surface area contributed by atoms with Gasteiger partial charge < -0.3 is 15.3 Å². The first-order chi connectivity index (χ1) is 4.47. The van der Waals surface area contributed by atoms with E-state index < -0.39 is 12.8 Å². The quantitative estimate of drug-likeness (QED) is 0.487. The molecule has 0 saturated heterocycles. The molecule has 10 heavy (non-hydrogen) atoms. The Hall–Kier alpha value is -0.330. The van der Waals surface area contributed by atoms with Crippen LogP contribution in [0.15, 0.2) is 0 Å². The number of aliphatic hydroxyl groups is 3. The summed E-state index contributed by atoms with van der Waals surface area (Å²) in [5, 5.41) is 22.5. The first-order valence-corrected chi connectivity index (χ1v) is 2.37. The Labute approximate surface area is 55.7 Å². The highest BCUT2D eigenvalue weighted by atomic mass is 19.4. The van der Waals surface area contributed by atoms with Gasteiger partial charge in [0.15, 0.2) is 0 Å². The SMILES string of the molecule is OCC(F)(F)F.OCCO. The monoisotopic (exact) mass is 162 g/mol. The maximum absolute atomic E-state index is 10.5. The number of halogens is 3. The Balaban J connectivity index is 0. The summed E-state index contributed by atoms with van der Waals surface area (Å²) < 4.78 is 31.6. The summed E-state index contributed by atoms with van der Waals surface area (Å²) in [7, 11) is 0. The lowest BCUT2D eigenvalue weighted by Crippen LogP contribution is -2.12. The fourth-order valence-corrected chi connectivity index (χ4v) is 0. The smallest absolute Gasteiger partial charge is 0.394 e. The molecule has 0 atom stereocenters. The molecule has 0 aromatic rings. The zero-order chi connectivity index (χ0) is 8.62. The molecule has 0 aromatic heterocycles. The minimum Gasteiger partial charge on any atom is -0.394 e. The number of hydrogen-bond acceptors (Lipinski definition) is 3. The number of rotatable bonds is 1. The van der Waals surface area contributed by atoms with Crippen molar-refractivity contribution >= 4 is 0 Å². The molecule has 0 rings (SSSR count). The van der Waals surface area contributed by atoms with E-state index in [0.717, 1.165) is 0 Å². The summed E-state index contributed by atoms with van der Waals surface area (Å²) in [6.45, 7) is -1.98. The second-order valence-electron chi connectivity index (χ2n) is 1.22. The highest BCUT2D eigenvalue weighted by Crippen LogP contribution is 2.11. The van der Waals surface area contributed by atoms with Crippen LogP contribution in [-0.2, 0) is 0 Å². The fraction of sp³-hybridized carbons (Fsp3) is 1.00. The van der Waals surface area contributed by atoms with Gasteiger partial charge in [0.05, 0.1) is 13.2 Å². The van der Waals surface area contributed by atoms with Crippen molar-refractivity contribution < 1.29 is 28.5 Å². The van der Waals surface area contributed by atoms with Crippen LogP contribution in [0.3, 0.4) is 0 Å². The highest BCUT2D eigenvalue weighted by Gasteiger charge is 2.24. The van der Waals surface area contributed by atoms with E-state index in [1.807, 2.05) is 0 Å². The van der Waals surface area contributed by atoms with Crippen LogP contribution >= 0.6 is 0 Å². The zero-order valence-electron chi connectivity index (χ0n) is 5.10. The topological polar surface area (TPSA) is 60.7 Å². The van der Waals surface area contributed by atoms with Crippen LogP contribution in [0.4, 0.5) is 13.2 Å². The van der Waals surface area contributed by atoms with Crippen LogP contribution in [0.25, 0.3) is 0 Å². The molecule has 6 heteroatoms. The van der Waals surface area contributed by atoms with Crippen LogP contribution in [0, 0.1) is 0 Å². The summed E-state index contributed by atoms with van der Waals surface area (Å²) in [4.78, 5) is 0. The molecule has 0 fully saturated rings. The predicted molar refractivity (Wildman–Crippen MR) is 27.3 cm³/mol. The predicted octanol–water partition coefficient (Wildman–Crippen LogP) is -0.488. The third kappa shape index (κ3) is 25.3.